The third-order valence-electron chi connectivity index (χ3n) is 3.27. The average molecular weight is 213 g/mol. The van der Waals surface area contributed by atoms with Crippen LogP contribution in [0.5, 0.6) is 0 Å². The van der Waals surface area contributed by atoms with E-state index in [1.807, 2.05) is 0 Å². The lowest BCUT2D eigenvalue weighted by Gasteiger charge is -2.34. The van der Waals surface area contributed by atoms with Crippen molar-refractivity contribution in [3.63, 3.8) is 0 Å². The van der Waals surface area contributed by atoms with Crippen LogP contribution in [0.2, 0.25) is 0 Å². The van der Waals surface area contributed by atoms with Gasteiger partial charge in [0.2, 0.25) is 5.91 Å². The SMILES string of the molecule is CN(CCCCCC(=O)NN)C1CCC1. The molecule has 0 bridgehead atoms. The van der Waals surface area contributed by atoms with Crippen molar-refractivity contribution in [2.75, 3.05) is 13.6 Å². The van der Waals surface area contributed by atoms with Crippen LogP contribution in [-0.4, -0.2) is 30.4 Å². The van der Waals surface area contributed by atoms with Crippen molar-refractivity contribution in [3.05, 3.63) is 0 Å². The molecule has 0 heterocycles. The van der Waals surface area contributed by atoms with Gasteiger partial charge in [0, 0.05) is 12.5 Å². The lowest BCUT2D eigenvalue weighted by Crippen LogP contribution is -2.37. The molecule has 0 aromatic rings. The van der Waals surface area contributed by atoms with Crippen LogP contribution in [0.25, 0.3) is 0 Å². The van der Waals surface area contributed by atoms with Gasteiger partial charge < -0.3 is 4.90 Å². The van der Waals surface area contributed by atoms with Gasteiger partial charge >= 0.3 is 0 Å². The van der Waals surface area contributed by atoms with Crippen LogP contribution in [0.1, 0.15) is 44.9 Å². The number of amides is 1. The van der Waals surface area contributed by atoms with Crippen LogP contribution in [-0.2, 0) is 4.79 Å². The Morgan fingerprint density at radius 3 is 2.67 bits per heavy atom. The highest BCUT2D eigenvalue weighted by atomic mass is 16.2. The highest BCUT2D eigenvalue weighted by molar-refractivity contribution is 5.74. The molecule has 0 atom stereocenters. The smallest absolute Gasteiger partial charge is 0.233 e. The molecule has 1 amide bonds. The monoisotopic (exact) mass is 213 g/mol. The van der Waals surface area contributed by atoms with Gasteiger partial charge in [-0.1, -0.05) is 12.8 Å². The first kappa shape index (κ1) is 12.5. The fourth-order valence-electron chi connectivity index (χ4n) is 1.91. The van der Waals surface area contributed by atoms with Crippen LogP contribution in [0.3, 0.4) is 0 Å². The molecule has 15 heavy (non-hydrogen) atoms. The quantitative estimate of drug-likeness (QED) is 0.287. The van der Waals surface area contributed by atoms with E-state index in [1.54, 1.807) is 0 Å². The normalized spacial score (nSPS) is 16.5. The zero-order valence-electron chi connectivity index (χ0n) is 9.67. The van der Waals surface area contributed by atoms with E-state index in [-0.39, 0.29) is 5.91 Å². The summed E-state index contributed by atoms with van der Waals surface area (Å²) in [6.45, 7) is 1.16. The van der Waals surface area contributed by atoms with Crippen LogP contribution in [0.15, 0.2) is 0 Å². The number of unbranched alkanes of at least 4 members (excludes halogenated alkanes) is 2. The number of nitrogens with zero attached hydrogens (tertiary/aromatic N) is 1. The number of nitrogens with two attached hydrogens (primary N) is 1. The summed E-state index contributed by atoms with van der Waals surface area (Å²) in [7, 11) is 2.20. The van der Waals surface area contributed by atoms with Crippen LogP contribution in [0.4, 0.5) is 0 Å². The predicted octanol–water partition coefficient (Wildman–Crippen LogP) is 1.02. The molecular formula is C11H23N3O. The fraction of sp³-hybridized carbons (Fsp3) is 0.909. The van der Waals surface area contributed by atoms with E-state index >= 15 is 0 Å². The first-order chi connectivity index (χ1) is 7.24. The third kappa shape index (κ3) is 4.62. The molecule has 0 aromatic heterocycles. The first-order valence-corrected chi connectivity index (χ1v) is 5.93. The third-order valence-corrected chi connectivity index (χ3v) is 3.27. The summed E-state index contributed by atoms with van der Waals surface area (Å²) in [5, 5.41) is 0. The summed E-state index contributed by atoms with van der Waals surface area (Å²) >= 11 is 0. The van der Waals surface area contributed by atoms with Gasteiger partial charge in [0.1, 0.15) is 0 Å². The largest absolute Gasteiger partial charge is 0.303 e. The fourth-order valence-corrected chi connectivity index (χ4v) is 1.91. The Balaban J connectivity index is 1.89. The molecule has 1 fully saturated rings. The molecule has 1 saturated carbocycles. The first-order valence-electron chi connectivity index (χ1n) is 5.93. The van der Waals surface area contributed by atoms with E-state index in [9.17, 15) is 4.79 Å². The van der Waals surface area contributed by atoms with Crippen LogP contribution in [0, 0.1) is 0 Å². The molecular weight excluding hydrogens is 190 g/mol. The van der Waals surface area contributed by atoms with E-state index in [4.69, 9.17) is 5.84 Å². The number of hydrogen-bond donors (Lipinski definition) is 2. The zero-order chi connectivity index (χ0) is 11.1. The molecule has 1 rings (SSSR count). The molecule has 1 aliphatic rings. The minimum absolute atomic E-state index is 0.0534. The van der Waals surface area contributed by atoms with Crippen molar-refractivity contribution in [2.45, 2.75) is 51.0 Å². The van der Waals surface area contributed by atoms with Crippen LogP contribution < -0.4 is 11.3 Å². The van der Waals surface area contributed by atoms with Crippen molar-refractivity contribution < 1.29 is 4.79 Å². The summed E-state index contributed by atoms with van der Waals surface area (Å²) in [5.41, 5.74) is 2.15. The minimum Gasteiger partial charge on any atom is -0.303 e. The highest BCUT2D eigenvalue weighted by Gasteiger charge is 2.20. The van der Waals surface area contributed by atoms with Gasteiger partial charge in [-0.2, -0.15) is 0 Å². The second-order valence-corrected chi connectivity index (χ2v) is 4.44. The number of rotatable bonds is 7. The van der Waals surface area contributed by atoms with Gasteiger partial charge in [-0.15, -0.1) is 0 Å². The van der Waals surface area contributed by atoms with Crippen molar-refractivity contribution in [1.29, 1.82) is 0 Å². The Morgan fingerprint density at radius 2 is 2.13 bits per heavy atom. The average Bonchev–Trinajstić information content (AvgIpc) is 2.14. The zero-order valence-corrected chi connectivity index (χ0v) is 9.67. The molecule has 88 valence electrons. The van der Waals surface area contributed by atoms with Crippen molar-refractivity contribution in [2.24, 2.45) is 5.84 Å². The summed E-state index contributed by atoms with van der Waals surface area (Å²) in [5.74, 6) is 4.94. The van der Waals surface area contributed by atoms with Crippen molar-refractivity contribution >= 4 is 5.91 Å². The number of carbonyl (C=O) groups is 1. The summed E-state index contributed by atoms with van der Waals surface area (Å²) < 4.78 is 0. The molecule has 0 aliphatic heterocycles. The topological polar surface area (TPSA) is 58.4 Å². The standard InChI is InChI=1S/C11H23N3O/c1-14(10-6-5-7-10)9-4-2-3-8-11(15)13-12/h10H,2-9,12H2,1H3,(H,13,15). The maximum atomic E-state index is 10.8. The Bertz CT molecular complexity index is 192. The molecule has 0 aromatic carbocycles. The Labute approximate surface area is 92.2 Å². The molecule has 4 nitrogen and oxygen atoms in total. The Kier molecular flexibility index (Phi) is 5.65. The molecule has 3 N–H and O–H groups in total. The highest BCUT2D eigenvalue weighted by Crippen LogP contribution is 2.23. The van der Waals surface area contributed by atoms with Gasteiger partial charge in [0.25, 0.3) is 0 Å². The van der Waals surface area contributed by atoms with Crippen LogP contribution >= 0.6 is 0 Å². The number of hydrogen-bond acceptors (Lipinski definition) is 3. The molecule has 1 aliphatic carbocycles. The Hall–Kier alpha value is -0.610. The van der Waals surface area contributed by atoms with E-state index in [0.29, 0.717) is 6.42 Å². The number of carbonyl (C=O) groups excluding carboxylic acids is 1. The predicted molar refractivity (Wildman–Crippen MR) is 61.1 cm³/mol. The lowest BCUT2D eigenvalue weighted by atomic mass is 9.92. The maximum Gasteiger partial charge on any atom is 0.233 e. The van der Waals surface area contributed by atoms with E-state index in [0.717, 1.165) is 25.4 Å². The molecule has 0 radical (unpaired) electrons. The maximum absolute atomic E-state index is 10.8. The van der Waals surface area contributed by atoms with E-state index in [2.05, 4.69) is 17.4 Å². The van der Waals surface area contributed by atoms with E-state index < -0.39 is 0 Å². The van der Waals surface area contributed by atoms with Crippen molar-refractivity contribution in [3.8, 4) is 0 Å². The Morgan fingerprint density at radius 1 is 1.40 bits per heavy atom. The second kappa shape index (κ2) is 6.80. The summed E-state index contributed by atoms with van der Waals surface area (Å²) in [6.07, 6.45) is 7.93. The second-order valence-electron chi connectivity index (χ2n) is 4.44. The number of hydrazine groups is 1. The number of nitrogens with one attached hydrogen (secondary N) is 1. The molecule has 4 heteroatoms. The molecule has 0 unspecified atom stereocenters. The van der Waals surface area contributed by atoms with Gasteiger partial charge in [-0.25, -0.2) is 5.84 Å². The summed E-state index contributed by atoms with van der Waals surface area (Å²) in [6, 6.07) is 0.831. The molecule has 0 saturated heterocycles. The van der Waals surface area contributed by atoms with Gasteiger partial charge in [0.15, 0.2) is 0 Å². The van der Waals surface area contributed by atoms with Gasteiger partial charge in [-0.05, 0) is 39.3 Å². The summed E-state index contributed by atoms with van der Waals surface area (Å²) in [4.78, 5) is 13.3. The minimum atomic E-state index is -0.0534. The van der Waals surface area contributed by atoms with E-state index in [1.165, 1.54) is 25.7 Å². The lowest BCUT2D eigenvalue weighted by molar-refractivity contribution is -0.121. The van der Waals surface area contributed by atoms with Crippen molar-refractivity contribution in [1.82, 2.24) is 10.3 Å². The van der Waals surface area contributed by atoms with Gasteiger partial charge in [-0.3, -0.25) is 10.2 Å². The van der Waals surface area contributed by atoms with Gasteiger partial charge in [0.05, 0.1) is 0 Å². The molecule has 0 spiro atoms.